The van der Waals surface area contributed by atoms with Crippen LogP contribution in [0.15, 0.2) is 0 Å². The number of nitrogens with two attached hydrogens (primary N) is 1. The molecule has 0 radical (unpaired) electrons. The maximum atomic E-state index is 11.5. The maximum absolute atomic E-state index is 11.5. The fourth-order valence-corrected chi connectivity index (χ4v) is 1.92. The van der Waals surface area contributed by atoms with Gasteiger partial charge in [0, 0.05) is 12.5 Å². The van der Waals surface area contributed by atoms with Gasteiger partial charge in [-0.25, -0.2) is 0 Å². The van der Waals surface area contributed by atoms with Crippen molar-refractivity contribution in [1.29, 1.82) is 0 Å². The third-order valence-electron chi connectivity index (χ3n) is 2.46. The second-order valence-corrected chi connectivity index (χ2v) is 5.23. The van der Waals surface area contributed by atoms with Gasteiger partial charge in [-0.2, -0.15) is 0 Å². The van der Waals surface area contributed by atoms with E-state index in [9.17, 15) is 4.79 Å². The second-order valence-electron chi connectivity index (χ2n) is 5.23. The number of hydrogen-bond acceptors (Lipinski definition) is 3. The Balaban J connectivity index is 2.27. The first-order valence-electron chi connectivity index (χ1n) is 5.34. The van der Waals surface area contributed by atoms with Crippen LogP contribution in [-0.2, 0) is 9.53 Å². The SMILES string of the molecule is CC(C)(C)OC(=O)C[C@@H]1CC[C@@H](N)C1. The van der Waals surface area contributed by atoms with E-state index in [4.69, 9.17) is 10.5 Å². The third-order valence-corrected chi connectivity index (χ3v) is 2.46. The van der Waals surface area contributed by atoms with Crippen LogP contribution in [-0.4, -0.2) is 17.6 Å². The van der Waals surface area contributed by atoms with Gasteiger partial charge in [0.15, 0.2) is 0 Å². The predicted octanol–water partition coefficient (Wildman–Crippen LogP) is 1.85. The minimum absolute atomic E-state index is 0.0865. The van der Waals surface area contributed by atoms with Gasteiger partial charge in [0.05, 0.1) is 0 Å². The topological polar surface area (TPSA) is 52.3 Å². The van der Waals surface area contributed by atoms with Crippen molar-refractivity contribution < 1.29 is 9.53 Å². The maximum Gasteiger partial charge on any atom is 0.306 e. The first-order valence-corrected chi connectivity index (χ1v) is 5.34. The van der Waals surface area contributed by atoms with Crippen LogP contribution in [0.1, 0.15) is 46.5 Å². The number of ether oxygens (including phenoxy) is 1. The van der Waals surface area contributed by atoms with E-state index in [0.717, 1.165) is 19.3 Å². The van der Waals surface area contributed by atoms with Gasteiger partial charge in [0.2, 0.25) is 0 Å². The Morgan fingerprint density at radius 2 is 2.07 bits per heavy atom. The molecule has 1 rings (SSSR count). The minimum Gasteiger partial charge on any atom is -0.460 e. The smallest absolute Gasteiger partial charge is 0.306 e. The van der Waals surface area contributed by atoms with Crippen molar-refractivity contribution in [2.45, 2.75) is 58.1 Å². The zero-order valence-corrected chi connectivity index (χ0v) is 9.38. The molecule has 0 heterocycles. The van der Waals surface area contributed by atoms with Crippen LogP contribution < -0.4 is 5.73 Å². The van der Waals surface area contributed by atoms with Crippen molar-refractivity contribution in [2.24, 2.45) is 11.7 Å². The Morgan fingerprint density at radius 3 is 2.50 bits per heavy atom. The lowest BCUT2D eigenvalue weighted by Crippen LogP contribution is -2.25. The van der Waals surface area contributed by atoms with E-state index < -0.39 is 0 Å². The molecule has 0 aromatic carbocycles. The van der Waals surface area contributed by atoms with Crippen molar-refractivity contribution in [2.75, 3.05) is 0 Å². The summed E-state index contributed by atoms with van der Waals surface area (Å²) in [5, 5.41) is 0. The van der Waals surface area contributed by atoms with E-state index in [-0.39, 0.29) is 11.6 Å². The molecule has 3 nitrogen and oxygen atoms in total. The second kappa shape index (κ2) is 4.30. The van der Waals surface area contributed by atoms with Crippen molar-refractivity contribution >= 4 is 5.97 Å². The lowest BCUT2D eigenvalue weighted by Gasteiger charge is -2.20. The van der Waals surface area contributed by atoms with Crippen LogP contribution in [0.25, 0.3) is 0 Å². The van der Waals surface area contributed by atoms with Crippen LogP contribution >= 0.6 is 0 Å². The molecule has 1 saturated carbocycles. The molecule has 2 atom stereocenters. The zero-order valence-electron chi connectivity index (χ0n) is 9.38. The summed E-state index contributed by atoms with van der Waals surface area (Å²) >= 11 is 0. The highest BCUT2D eigenvalue weighted by Crippen LogP contribution is 2.27. The standard InChI is InChI=1S/C11H21NO2/c1-11(2,3)14-10(13)7-8-4-5-9(12)6-8/h8-9H,4-7,12H2,1-3H3/t8-,9-/m1/s1. The van der Waals surface area contributed by atoms with E-state index in [2.05, 4.69) is 0 Å². The Kier molecular flexibility index (Phi) is 3.53. The summed E-state index contributed by atoms with van der Waals surface area (Å²) in [5.41, 5.74) is 5.41. The molecule has 0 aromatic rings. The highest BCUT2D eigenvalue weighted by Gasteiger charge is 2.26. The number of carbonyl (C=O) groups excluding carboxylic acids is 1. The van der Waals surface area contributed by atoms with Crippen LogP contribution in [0.3, 0.4) is 0 Å². The molecule has 0 unspecified atom stereocenters. The average molecular weight is 199 g/mol. The van der Waals surface area contributed by atoms with E-state index in [0.29, 0.717) is 18.4 Å². The number of esters is 1. The summed E-state index contributed by atoms with van der Waals surface area (Å²) in [7, 11) is 0. The van der Waals surface area contributed by atoms with Crippen LogP contribution in [0.5, 0.6) is 0 Å². The van der Waals surface area contributed by atoms with Crippen molar-refractivity contribution in [3.05, 3.63) is 0 Å². The molecule has 1 fully saturated rings. The van der Waals surface area contributed by atoms with E-state index in [1.54, 1.807) is 0 Å². The Morgan fingerprint density at radius 1 is 1.43 bits per heavy atom. The molecule has 0 aromatic heterocycles. The molecule has 0 bridgehead atoms. The highest BCUT2D eigenvalue weighted by molar-refractivity contribution is 5.70. The lowest BCUT2D eigenvalue weighted by molar-refractivity contribution is -0.155. The fourth-order valence-electron chi connectivity index (χ4n) is 1.92. The summed E-state index contributed by atoms with van der Waals surface area (Å²) < 4.78 is 5.26. The van der Waals surface area contributed by atoms with Crippen molar-refractivity contribution in [1.82, 2.24) is 0 Å². The molecule has 1 aliphatic carbocycles. The van der Waals surface area contributed by atoms with Gasteiger partial charge in [-0.3, -0.25) is 4.79 Å². The molecule has 1 aliphatic rings. The van der Waals surface area contributed by atoms with Gasteiger partial charge >= 0.3 is 5.97 Å². The Bertz CT molecular complexity index is 208. The molecule has 0 spiro atoms. The van der Waals surface area contributed by atoms with Gasteiger partial charge < -0.3 is 10.5 Å². The van der Waals surface area contributed by atoms with Crippen molar-refractivity contribution in [3.8, 4) is 0 Å². The lowest BCUT2D eigenvalue weighted by atomic mass is 10.0. The largest absolute Gasteiger partial charge is 0.460 e. The Hall–Kier alpha value is -0.570. The Labute approximate surface area is 86.0 Å². The monoisotopic (exact) mass is 199 g/mol. The first kappa shape index (κ1) is 11.5. The van der Waals surface area contributed by atoms with Crippen LogP contribution in [0.4, 0.5) is 0 Å². The molecular weight excluding hydrogens is 178 g/mol. The highest BCUT2D eigenvalue weighted by atomic mass is 16.6. The molecule has 82 valence electrons. The molecule has 0 amide bonds. The minimum atomic E-state index is -0.363. The van der Waals surface area contributed by atoms with Crippen LogP contribution in [0.2, 0.25) is 0 Å². The average Bonchev–Trinajstić information content (AvgIpc) is 2.30. The molecule has 3 heteroatoms. The predicted molar refractivity (Wildman–Crippen MR) is 55.8 cm³/mol. The van der Waals surface area contributed by atoms with Crippen molar-refractivity contribution in [3.63, 3.8) is 0 Å². The fraction of sp³-hybridized carbons (Fsp3) is 0.909. The van der Waals surface area contributed by atoms with Gasteiger partial charge in [0.25, 0.3) is 0 Å². The quantitative estimate of drug-likeness (QED) is 0.690. The molecule has 2 N–H and O–H groups in total. The summed E-state index contributed by atoms with van der Waals surface area (Å²) in [5.74, 6) is 0.358. The molecule has 0 saturated heterocycles. The summed E-state index contributed by atoms with van der Waals surface area (Å²) in [4.78, 5) is 11.5. The summed E-state index contributed by atoms with van der Waals surface area (Å²) in [6.07, 6.45) is 3.62. The normalized spacial score (nSPS) is 27.7. The first-order chi connectivity index (χ1) is 6.37. The summed E-state index contributed by atoms with van der Waals surface area (Å²) in [6.45, 7) is 5.68. The number of carbonyl (C=O) groups is 1. The third kappa shape index (κ3) is 4.09. The summed E-state index contributed by atoms with van der Waals surface area (Å²) in [6, 6.07) is 0.294. The van der Waals surface area contributed by atoms with E-state index in [1.807, 2.05) is 20.8 Å². The van der Waals surface area contributed by atoms with Gasteiger partial charge in [0.1, 0.15) is 5.60 Å². The van der Waals surface area contributed by atoms with E-state index in [1.165, 1.54) is 0 Å². The van der Waals surface area contributed by atoms with Crippen LogP contribution in [0, 0.1) is 5.92 Å². The molecule has 0 aliphatic heterocycles. The van der Waals surface area contributed by atoms with Gasteiger partial charge in [-0.1, -0.05) is 0 Å². The van der Waals surface area contributed by atoms with E-state index >= 15 is 0 Å². The number of rotatable bonds is 2. The zero-order chi connectivity index (χ0) is 10.8. The number of hydrogen-bond donors (Lipinski definition) is 1. The van der Waals surface area contributed by atoms with Gasteiger partial charge in [-0.15, -0.1) is 0 Å². The molecular formula is C11H21NO2. The van der Waals surface area contributed by atoms with Gasteiger partial charge in [-0.05, 0) is 46.0 Å². The molecule has 14 heavy (non-hydrogen) atoms.